The Morgan fingerprint density at radius 2 is 1.85 bits per heavy atom. The Labute approximate surface area is 162 Å². The Morgan fingerprint density at radius 3 is 2.56 bits per heavy atom. The van der Waals surface area contributed by atoms with Crippen molar-refractivity contribution in [3.8, 4) is 0 Å². The Balaban J connectivity index is 1.62. The number of hydrogen-bond acceptors (Lipinski definition) is 3. The molecule has 0 radical (unpaired) electrons. The maximum Gasteiger partial charge on any atom is 0.275 e. The quantitative estimate of drug-likeness (QED) is 0.671. The van der Waals surface area contributed by atoms with Gasteiger partial charge in [-0.15, -0.1) is 0 Å². The Morgan fingerprint density at radius 1 is 1.07 bits per heavy atom. The summed E-state index contributed by atoms with van der Waals surface area (Å²) in [6.07, 6.45) is 3.74. The molecule has 2 aromatic carbocycles. The normalized spacial score (nSPS) is 10.4. The van der Waals surface area contributed by atoms with E-state index in [1.54, 1.807) is 36.8 Å². The molecule has 7 heteroatoms. The molecule has 1 heterocycles. The lowest BCUT2D eigenvalue weighted by Gasteiger charge is -2.06. The summed E-state index contributed by atoms with van der Waals surface area (Å²) in [5, 5.41) is 6.13. The number of anilines is 2. The van der Waals surface area contributed by atoms with E-state index in [0.29, 0.717) is 29.4 Å². The summed E-state index contributed by atoms with van der Waals surface area (Å²) in [6.45, 7) is 2.38. The maximum absolute atomic E-state index is 12.3. The third-order valence-electron chi connectivity index (χ3n) is 3.87. The van der Waals surface area contributed by atoms with Crippen LogP contribution in [-0.4, -0.2) is 21.4 Å². The predicted molar refractivity (Wildman–Crippen MR) is 106 cm³/mol. The molecule has 2 amide bonds. The number of amides is 2. The number of carbonyl (C=O) groups is 2. The van der Waals surface area contributed by atoms with Crippen LogP contribution in [0.1, 0.15) is 29.4 Å². The van der Waals surface area contributed by atoms with Gasteiger partial charge in [0.15, 0.2) is 0 Å². The van der Waals surface area contributed by atoms with Gasteiger partial charge < -0.3 is 15.2 Å². The van der Waals surface area contributed by atoms with E-state index in [9.17, 15) is 9.59 Å². The maximum atomic E-state index is 12.3. The Kier molecular flexibility index (Phi) is 5.88. The van der Waals surface area contributed by atoms with Gasteiger partial charge in [0, 0.05) is 35.6 Å². The molecule has 0 spiro atoms. The van der Waals surface area contributed by atoms with Crippen LogP contribution in [-0.2, 0) is 11.3 Å². The van der Waals surface area contributed by atoms with Crippen molar-refractivity contribution in [1.29, 1.82) is 0 Å². The predicted octanol–water partition coefficient (Wildman–Crippen LogP) is 4.19. The number of hydrogen-bond donors (Lipinski definition) is 2. The molecule has 138 valence electrons. The van der Waals surface area contributed by atoms with E-state index < -0.39 is 0 Å². The fraction of sp³-hybridized carbons (Fsp3) is 0.150. The third kappa shape index (κ3) is 5.18. The molecular weight excluding hydrogens is 364 g/mol. The van der Waals surface area contributed by atoms with Gasteiger partial charge in [0.25, 0.3) is 5.91 Å². The fourth-order valence-electron chi connectivity index (χ4n) is 2.48. The van der Waals surface area contributed by atoms with Crippen LogP contribution in [0, 0.1) is 0 Å². The van der Waals surface area contributed by atoms with Crippen LogP contribution in [0.25, 0.3) is 0 Å². The van der Waals surface area contributed by atoms with Crippen molar-refractivity contribution < 1.29 is 9.59 Å². The number of nitrogens with zero attached hydrogens (tertiary/aromatic N) is 2. The second-order valence-electron chi connectivity index (χ2n) is 5.99. The average molecular weight is 383 g/mol. The number of aromatic nitrogens is 2. The summed E-state index contributed by atoms with van der Waals surface area (Å²) in [7, 11) is 0. The Hall–Kier alpha value is -3.12. The summed E-state index contributed by atoms with van der Waals surface area (Å²) in [6, 6.07) is 14.5. The number of nitrogens with one attached hydrogen (secondary N) is 2. The minimum absolute atomic E-state index is 0.0206. The van der Waals surface area contributed by atoms with Gasteiger partial charge in [0.05, 0.1) is 6.33 Å². The van der Waals surface area contributed by atoms with Gasteiger partial charge in [-0.05, 0) is 35.9 Å². The summed E-state index contributed by atoms with van der Waals surface area (Å²) < 4.78 is 1.83. The molecule has 0 fully saturated rings. The first-order valence-electron chi connectivity index (χ1n) is 8.51. The molecule has 6 nitrogen and oxygen atoms in total. The van der Waals surface area contributed by atoms with E-state index in [0.717, 1.165) is 11.3 Å². The highest BCUT2D eigenvalue weighted by Gasteiger charge is 2.10. The standard InChI is InChI=1S/C20H19ClN4O2/c1-2-19(26)23-16-8-6-14(7-9-16)11-25-12-18(22-13-25)20(27)24-17-5-3-4-15(21)10-17/h3-10,12-13H,2,11H2,1H3,(H,23,26)(H,24,27). The minimum Gasteiger partial charge on any atom is -0.332 e. The first kappa shape index (κ1) is 18.7. The zero-order valence-corrected chi connectivity index (χ0v) is 15.5. The van der Waals surface area contributed by atoms with E-state index in [1.165, 1.54) is 0 Å². The number of carbonyl (C=O) groups excluding carboxylic acids is 2. The second-order valence-corrected chi connectivity index (χ2v) is 6.43. The third-order valence-corrected chi connectivity index (χ3v) is 4.11. The number of benzene rings is 2. The van der Waals surface area contributed by atoms with Crippen molar-refractivity contribution >= 4 is 34.8 Å². The molecule has 0 bridgehead atoms. The summed E-state index contributed by atoms with van der Waals surface area (Å²) in [5.74, 6) is -0.318. The lowest BCUT2D eigenvalue weighted by Crippen LogP contribution is -2.12. The molecule has 0 aliphatic carbocycles. The molecule has 0 unspecified atom stereocenters. The van der Waals surface area contributed by atoms with Crippen molar-refractivity contribution in [2.75, 3.05) is 10.6 Å². The number of rotatable bonds is 6. The van der Waals surface area contributed by atoms with Gasteiger partial charge in [0.1, 0.15) is 5.69 Å². The molecule has 2 N–H and O–H groups in total. The molecule has 27 heavy (non-hydrogen) atoms. The van der Waals surface area contributed by atoms with Gasteiger partial charge in [-0.1, -0.05) is 36.7 Å². The summed E-state index contributed by atoms with van der Waals surface area (Å²) in [5.41, 5.74) is 2.73. The number of imidazole rings is 1. The number of halogens is 1. The molecule has 0 aliphatic rings. The van der Waals surface area contributed by atoms with Crippen LogP contribution in [0.3, 0.4) is 0 Å². The van der Waals surface area contributed by atoms with Crippen molar-refractivity contribution in [3.05, 3.63) is 77.3 Å². The SMILES string of the molecule is CCC(=O)Nc1ccc(Cn2cnc(C(=O)Nc3cccc(Cl)c3)c2)cc1. The molecule has 1 aromatic heterocycles. The van der Waals surface area contributed by atoms with Crippen LogP contribution >= 0.6 is 11.6 Å². The van der Waals surface area contributed by atoms with Gasteiger partial charge in [-0.25, -0.2) is 4.98 Å². The smallest absolute Gasteiger partial charge is 0.275 e. The monoisotopic (exact) mass is 382 g/mol. The zero-order valence-electron chi connectivity index (χ0n) is 14.8. The Bertz CT molecular complexity index is 951. The average Bonchev–Trinajstić information content (AvgIpc) is 3.12. The van der Waals surface area contributed by atoms with Gasteiger partial charge in [0.2, 0.25) is 5.91 Å². The van der Waals surface area contributed by atoms with E-state index in [4.69, 9.17) is 11.6 Å². The fourth-order valence-corrected chi connectivity index (χ4v) is 2.67. The molecule has 0 saturated carbocycles. The van der Waals surface area contributed by atoms with Crippen LogP contribution in [0.4, 0.5) is 11.4 Å². The topological polar surface area (TPSA) is 76.0 Å². The molecule has 0 atom stereocenters. The van der Waals surface area contributed by atoms with E-state index >= 15 is 0 Å². The molecule has 0 aliphatic heterocycles. The van der Waals surface area contributed by atoms with Crippen LogP contribution in [0.2, 0.25) is 5.02 Å². The lowest BCUT2D eigenvalue weighted by molar-refractivity contribution is -0.115. The van der Waals surface area contributed by atoms with Crippen LogP contribution < -0.4 is 10.6 Å². The van der Waals surface area contributed by atoms with Crippen LogP contribution in [0.5, 0.6) is 0 Å². The lowest BCUT2D eigenvalue weighted by atomic mass is 10.2. The van der Waals surface area contributed by atoms with E-state index in [-0.39, 0.29) is 11.8 Å². The van der Waals surface area contributed by atoms with Gasteiger partial charge in [-0.3, -0.25) is 9.59 Å². The van der Waals surface area contributed by atoms with Crippen molar-refractivity contribution in [1.82, 2.24) is 9.55 Å². The van der Waals surface area contributed by atoms with E-state index in [2.05, 4.69) is 15.6 Å². The van der Waals surface area contributed by atoms with Gasteiger partial charge in [-0.2, -0.15) is 0 Å². The van der Waals surface area contributed by atoms with E-state index in [1.807, 2.05) is 35.8 Å². The first-order chi connectivity index (χ1) is 13.0. The first-order valence-corrected chi connectivity index (χ1v) is 8.89. The highest BCUT2D eigenvalue weighted by Crippen LogP contribution is 2.16. The van der Waals surface area contributed by atoms with Crippen molar-refractivity contribution in [3.63, 3.8) is 0 Å². The molecule has 3 rings (SSSR count). The minimum atomic E-state index is -0.298. The zero-order chi connectivity index (χ0) is 19.2. The summed E-state index contributed by atoms with van der Waals surface area (Å²) in [4.78, 5) is 27.9. The van der Waals surface area contributed by atoms with Crippen LogP contribution in [0.15, 0.2) is 61.1 Å². The highest BCUT2D eigenvalue weighted by atomic mass is 35.5. The summed E-state index contributed by atoms with van der Waals surface area (Å²) >= 11 is 5.92. The molecular formula is C20H19ClN4O2. The van der Waals surface area contributed by atoms with Crippen molar-refractivity contribution in [2.24, 2.45) is 0 Å². The molecule has 0 saturated heterocycles. The molecule has 3 aromatic rings. The highest BCUT2D eigenvalue weighted by molar-refractivity contribution is 6.30. The van der Waals surface area contributed by atoms with Crippen molar-refractivity contribution in [2.45, 2.75) is 19.9 Å². The largest absolute Gasteiger partial charge is 0.332 e. The second kappa shape index (κ2) is 8.51. The van der Waals surface area contributed by atoms with Gasteiger partial charge >= 0.3 is 0 Å².